The van der Waals surface area contributed by atoms with Crippen molar-refractivity contribution in [2.45, 2.75) is 19.6 Å². The minimum Gasteiger partial charge on any atom is -0.457 e. The van der Waals surface area contributed by atoms with Gasteiger partial charge in [0.2, 0.25) is 5.95 Å². The Labute approximate surface area is 185 Å². The summed E-state index contributed by atoms with van der Waals surface area (Å²) in [5.41, 5.74) is 3.80. The molecule has 1 aliphatic rings. The number of fused-ring (bicyclic) bond motifs is 1. The quantitative estimate of drug-likeness (QED) is 0.480. The number of anilines is 1. The molecule has 7 nitrogen and oxygen atoms in total. The number of hydrogen-bond donors (Lipinski definition) is 1. The van der Waals surface area contributed by atoms with E-state index >= 15 is 0 Å². The lowest BCUT2D eigenvalue weighted by Gasteiger charge is -2.27. The SMILES string of the molecule is CC1=C(C(=O)OCc2ccccc2)[C@@H](c2cccnc2)n2nc(-c3ccccc3)nc2N1. The molecule has 0 radical (unpaired) electrons. The Bertz CT molecular complexity index is 1270. The van der Waals surface area contributed by atoms with Gasteiger partial charge in [0.25, 0.3) is 0 Å². The van der Waals surface area contributed by atoms with Gasteiger partial charge in [-0.15, -0.1) is 5.10 Å². The van der Waals surface area contributed by atoms with Crippen LogP contribution in [-0.2, 0) is 16.1 Å². The van der Waals surface area contributed by atoms with Crippen LogP contribution in [0.15, 0.2) is 96.5 Å². The molecule has 0 fully saturated rings. The first-order chi connectivity index (χ1) is 15.7. The van der Waals surface area contributed by atoms with Crippen LogP contribution in [0.4, 0.5) is 5.95 Å². The molecule has 0 saturated heterocycles. The molecule has 7 heteroatoms. The molecule has 0 saturated carbocycles. The lowest BCUT2D eigenvalue weighted by molar-refractivity contribution is -0.140. The number of hydrogen-bond acceptors (Lipinski definition) is 6. The number of pyridine rings is 1. The third kappa shape index (κ3) is 3.76. The third-order valence-corrected chi connectivity index (χ3v) is 5.32. The van der Waals surface area contributed by atoms with Crippen LogP contribution < -0.4 is 5.32 Å². The number of carbonyl (C=O) groups excluding carboxylic acids is 1. The highest BCUT2D eigenvalue weighted by Gasteiger charge is 2.35. The van der Waals surface area contributed by atoms with E-state index in [4.69, 9.17) is 9.84 Å². The maximum absolute atomic E-state index is 13.3. The second-order valence-corrected chi connectivity index (χ2v) is 7.48. The average molecular weight is 423 g/mol. The van der Waals surface area contributed by atoms with Gasteiger partial charge in [-0.2, -0.15) is 4.98 Å². The molecule has 4 aromatic rings. The molecule has 0 amide bonds. The van der Waals surface area contributed by atoms with Gasteiger partial charge in [0, 0.05) is 23.7 Å². The Balaban J connectivity index is 1.53. The van der Waals surface area contributed by atoms with E-state index in [1.165, 1.54) is 0 Å². The predicted molar refractivity (Wildman–Crippen MR) is 120 cm³/mol. The average Bonchev–Trinajstić information content (AvgIpc) is 3.27. The number of ether oxygens (including phenoxy) is 1. The molecular formula is C25H21N5O2. The number of benzene rings is 2. The number of allylic oxidation sites excluding steroid dienone is 1. The fourth-order valence-corrected chi connectivity index (χ4v) is 3.77. The van der Waals surface area contributed by atoms with Crippen LogP contribution in [0.25, 0.3) is 11.4 Å². The molecular weight excluding hydrogens is 402 g/mol. The lowest BCUT2D eigenvalue weighted by Crippen LogP contribution is -2.29. The topological polar surface area (TPSA) is 81.9 Å². The lowest BCUT2D eigenvalue weighted by atomic mass is 9.97. The smallest absolute Gasteiger partial charge is 0.338 e. The summed E-state index contributed by atoms with van der Waals surface area (Å²) in [6, 6.07) is 22.6. The van der Waals surface area contributed by atoms with Gasteiger partial charge in [-0.1, -0.05) is 66.7 Å². The van der Waals surface area contributed by atoms with Crippen molar-refractivity contribution in [3.8, 4) is 11.4 Å². The fraction of sp³-hybridized carbons (Fsp3) is 0.120. The van der Waals surface area contributed by atoms with Gasteiger partial charge in [-0.3, -0.25) is 4.98 Å². The zero-order chi connectivity index (χ0) is 21.9. The Kier molecular flexibility index (Phi) is 5.21. The Morgan fingerprint density at radius 1 is 1.03 bits per heavy atom. The number of esters is 1. The van der Waals surface area contributed by atoms with E-state index in [0.29, 0.717) is 23.0 Å². The van der Waals surface area contributed by atoms with E-state index in [1.54, 1.807) is 17.1 Å². The highest BCUT2D eigenvalue weighted by atomic mass is 16.5. The highest BCUT2D eigenvalue weighted by Crippen LogP contribution is 2.36. The molecule has 0 bridgehead atoms. The van der Waals surface area contributed by atoms with Crippen molar-refractivity contribution in [3.05, 3.63) is 108 Å². The first-order valence-corrected chi connectivity index (χ1v) is 10.3. The molecule has 0 spiro atoms. The molecule has 2 aromatic carbocycles. The standard InChI is InChI=1S/C25H21N5O2/c1-17-21(24(31)32-16-18-9-4-2-5-10-18)22(20-13-8-14-26-15-20)30-25(27-17)28-23(29-30)19-11-6-3-7-12-19/h2-15,22H,16H2,1H3,(H,27,28,29)/t22-/m1/s1. The van der Waals surface area contributed by atoms with Crippen LogP contribution in [0.2, 0.25) is 0 Å². The van der Waals surface area contributed by atoms with Crippen molar-refractivity contribution < 1.29 is 9.53 Å². The first-order valence-electron chi connectivity index (χ1n) is 10.3. The zero-order valence-corrected chi connectivity index (χ0v) is 17.5. The number of aromatic nitrogens is 4. The molecule has 158 valence electrons. The highest BCUT2D eigenvalue weighted by molar-refractivity contribution is 5.92. The first kappa shape index (κ1) is 19.7. The van der Waals surface area contributed by atoms with E-state index in [-0.39, 0.29) is 6.61 Å². The van der Waals surface area contributed by atoms with E-state index < -0.39 is 12.0 Å². The monoisotopic (exact) mass is 423 g/mol. The fourth-order valence-electron chi connectivity index (χ4n) is 3.77. The molecule has 1 aliphatic heterocycles. The molecule has 0 aliphatic carbocycles. The maximum Gasteiger partial charge on any atom is 0.338 e. The van der Waals surface area contributed by atoms with Crippen molar-refractivity contribution in [1.29, 1.82) is 0 Å². The minimum atomic E-state index is -0.506. The van der Waals surface area contributed by atoms with Crippen LogP contribution in [0.5, 0.6) is 0 Å². The summed E-state index contributed by atoms with van der Waals surface area (Å²) in [6.07, 6.45) is 3.44. The molecule has 0 unspecified atom stereocenters. The zero-order valence-electron chi connectivity index (χ0n) is 17.5. The molecule has 1 N–H and O–H groups in total. The molecule has 5 rings (SSSR count). The van der Waals surface area contributed by atoms with E-state index in [0.717, 1.165) is 16.7 Å². The summed E-state index contributed by atoms with van der Waals surface area (Å²) in [5, 5.41) is 7.96. The Morgan fingerprint density at radius 2 is 1.78 bits per heavy atom. The molecule has 3 heterocycles. The van der Waals surface area contributed by atoms with Gasteiger partial charge < -0.3 is 10.1 Å². The summed E-state index contributed by atoms with van der Waals surface area (Å²) in [7, 11) is 0. The van der Waals surface area contributed by atoms with E-state index in [1.807, 2.05) is 79.7 Å². The largest absolute Gasteiger partial charge is 0.457 e. The normalized spacial score (nSPS) is 15.1. The van der Waals surface area contributed by atoms with Crippen LogP contribution in [0.3, 0.4) is 0 Å². The number of rotatable bonds is 5. The van der Waals surface area contributed by atoms with Gasteiger partial charge >= 0.3 is 5.97 Å². The van der Waals surface area contributed by atoms with Crippen molar-refractivity contribution in [2.24, 2.45) is 0 Å². The summed E-state index contributed by atoms with van der Waals surface area (Å²) in [5.74, 6) is 0.735. The minimum absolute atomic E-state index is 0.190. The van der Waals surface area contributed by atoms with Gasteiger partial charge in [-0.25, -0.2) is 9.48 Å². The Hall–Kier alpha value is -4.26. The van der Waals surface area contributed by atoms with E-state index in [2.05, 4.69) is 15.3 Å². The Morgan fingerprint density at radius 3 is 2.50 bits per heavy atom. The van der Waals surface area contributed by atoms with Crippen LogP contribution in [0.1, 0.15) is 24.1 Å². The van der Waals surface area contributed by atoms with Gasteiger partial charge in [-0.05, 0) is 24.1 Å². The number of nitrogens with zero attached hydrogens (tertiary/aromatic N) is 4. The summed E-state index contributed by atoms with van der Waals surface area (Å²) in [4.78, 5) is 22.2. The van der Waals surface area contributed by atoms with Crippen molar-refractivity contribution in [1.82, 2.24) is 19.7 Å². The molecule has 32 heavy (non-hydrogen) atoms. The van der Waals surface area contributed by atoms with Crippen molar-refractivity contribution in [2.75, 3.05) is 5.32 Å². The number of carbonyl (C=O) groups is 1. The summed E-state index contributed by atoms with van der Waals surface area (Å²) < 4.78 is 7.41. The van der Waals surface area contributed by atoms with Gasteiger partial charge in [0.15, 0.2) is 5.82 Å². The van der Waals surface area contributed by atoms with Gasteiger partial charge in [0.05, 0.1) is 5.57 Å². The molecule has 1 atom stereocenters. The van der Waals surface area contributed by atoms with Gasteiger partial charge in [0.1, 0.15) is 12.6 Å². The second kappa shape index (κ2) is 8.47. The summed E-state index contributed by atoms with van der Waals surface area (Å²) in [6.45, 7) is 2.04. The third-order valence-electron chi connectivity index (χ3n) is 5.32. The molecule has 2 aromatic heterocycles. The van der Waals surface area contributed by atoms with Crippen LogP contribution in [-0.4, -0.2) is 25.7 Å². The van der Waals surface area contributed by atoms with Crippen molar-refractivity contribution >= 4 is 11.9 Å². The second-order valence-electron chi connectivity index (χ2n) is 7.48. The summed E-state index contributed by atoms with van der Waals surface area (Å²) >= 11 is 0. The van der Waals surface area contributed by atoms with Crippen LogP contribution >= 0.6 is 0 Å². The number of nitrogens with one attached hydrogen (secondary N) is 1. The maximum atomic E-state index is 13.3. The predicted octanol–water partition coefficient (Wildman–Crippen LogP) is 4.37. The van der Waals surface area contributed by atoms with Crippen LogP contribution in [0, 0.1) is 0 Å². The van der Waals surface area contributed by atoms with E-state index in [9.17, 15) is 4.79 Å². The van der Waals surface area contributed by atoms with Crippen molar-refractivity contribution in [3.63, 3.8) is 0 Å².